The highest BCUT2D eigenvalue weighted by Gasteiger charge is 2.07. The zero-order valence-corrected chi connectivity index (χ0v) is 16.1. The first-order valence-electron chi connectivity index (χ1n) is 9.78. The standard InChI is InChI=1S/C25H26O3/c26-20-23-15-16-24(27-17-7-13-21-9-3-1-4-10-21)25(19-23)28-18-8-14-22-11-5-2-6-12-22/h1-6,9-12,15-16,19-20H,7-8,13-14,17-18H2. The number of carbonyl (C=O) groups is 1. The molecule has 0 aliphatic rings. The Balaban J connectivity index is 1.49. The molecule has 0 radical (unpaired) electrons. The molecule has 0 N–H and O–H groups in total. The molecule has 3 rings (SSSR count). The molecule has 0 saturated heterocycles. The average molecular weight is 374 g/mol. The maximum Gasteiger partial charge on any atom is 0.161 e. The van der Waals surface area contributed by atoms with Crippen LogP contribution in [0.1, 0.15) is 34.3 Å². The van der Waals surface area contributed by atoms with Crippen LogP contribution in [-0.2, 0) is 12.8 Å². The summed E-state index contributed by atoms with van der Waals surface area (Å²) in [5.41, 5.74) is 3.19. The Bertz CT molecular complexity index is 844. The molecule has 144 valence electrons. The van der Waals surface area contributed by atoms with Gasteiger partial charge in [0, 0.05) is 5.56 Å². The Morgan fingerprint density at radius 3 is 1.71 bits per heavy atom. The Labute approximate surface area is 166 Å². The van der Waals surface area contributed by atoms with Gasteiger partial charge in [0.2, 0.25) is 0 Å². The summed E-state index contributed by atoms with van der Waals surface area (Å²) < 4.78 is 11.9. The largest absolute Gasteiger partial charge is 0.490 e. The summed E-state index contributed by atoms with van der Waals surface area (Å²) in [5.74, 6) is 1.33. The quantitative estimate of drug-likeness (QED) is 0.327. The molecule has 0 spiro atoms. The van der Waals surface area contributed by atoms with Crippen LogP contribution in [0.15, 0.2) is 78.9 Å². The van der Waals surface area contributed by atoms with Crippen LogP contribution in [0.3, 0.4) is 0 Å². The van der Waals surface area contributed by atoms with Gasteiger partial charge in [0.15, 0.2) is 11.5 Å². The molecule has 3 aromatic carbocycles. The van der Waals surface area contributed by atoms with Crippen molar-refractivity contribution in [3.63, 3.8) is 0 Å². The number of hydrogen-bond acceptors (Lipinski definition) is 3. The first-order valence-corrected chi connectivity index (χ1v) is 9.78. The van der Waals surface area contributed by atoms with Gasteiger partial charge >= 0.3 is 0 Å². The summed E-state index contributed by atoms with van der Waals surface area (Å²) in [5, 5.41) is 0. The number of ether oxygens (including phenoxy) is 2. The molecule has 0 aliphatic carbocycles. The molecular weight excluding hydrogens is 348 g/mol. The van der Waals surface area contributed by atoms with Gasteiger partial charge < -0.3 is 9.47 Å². The molecule has 3 nitrogen and oxygen atoms in total. The van der Waals surface area contributed by atoms with Crippen LogP contribution in [0, 0.1) is 0 Å². The summed E-state index contributed by atoms with van der Waals surface area (Å²) in [4.78, 5) is 11.1. The summed E-state index contributed by atoms with van der Waals surface area (Å²) in [6.45, 7) is 1.19. The molecule has 0 fully saturated rings. The maximum absolute atomic E-state index is 11.1. The van der Waals surface area contributed by atoms with E-state index in [4.69, 9.17) is 9.47 Å². The van der Waals surface area contributed by atoms with E-state index in [-0.39, 0.29) is 0 Å². The second-order valence-electron chi connectivity index (χ2n) is 6.70. The lowest BCUT2D eigenvalue weighted by Crippen LogP contribution is -2.04. The smallest absolute Gasteiger partial charge is 0.161 e. The van der Waals surface area contributed by atoms with Crippen LogP contribution >= 0.6 is 0 Å². The third-order valence-corrected chi connectivity index (χ3v) is 4.52. The van der Waals surface area contributed by atoms with Crippen LogP contribution in [0.5, 0.6) is 11.5 Å². The van der Waals surface area contributed by atoms with Crippen LogP contribution in [0.2, 0.25) is 0 Å². The van der Waals surface area contributed by atoms with E-state index in [0.717, 1.165) is 32.0 Å². The molecule has 0 bridgehead atoms. The Hall–Kier alpha value is -3.07. The minimum atomic E-state index is 0.581. The number of benzene rings is 3. The van der Waals surface area contributed by atoms with Crippen molar-refractivity contribution in [1.82, 2.24) is 0 Å². The van der Waals surface area contributed by atoms with Crippen molar-refractivity contribution in [2.75, 3.05) is 13.2 Å². The van der Waals surface area contributed by atoms with E-state index in [0.29, 0.717) is 30.3 Å². The first kappa shape index (κ1) is 19.7. The van der Waals surface area contributed by atoms with Crippen molar-refractivity contribution >= 4 is 6.29 Å². The normalized spacial score (nSPS) is 10.4. The predicted octanol–water partition coefficient (Wildman–Crippen LogP) is 5.52. The summed E-state index contributed by atoms with van der Waals surface area (Å²) in [7, 11) is 0. The minimum absolute atomic E-state index is 0.581. The first-order chi connectivity index (χ1) is 13.8. The van der Waals surface area contributed by atoms with E-state index in [1.54, 1.807) is 12.1 Å². The van der Waals surface area contributed by atoms with Gasteiger partial charge in [-0.25, -0.2) is 0 Å². The van der Waals surface area contributed by atoms with E-state index in [2.05, 4.69) is 36.4 Å². The fourth-order valence-electron chi connectivity index (χ4n) is 3.04. The fourth-order valence-corrected chi connectivity index (χ4v) is 3.04. The van der Waals surface area contributed by atoms with E-state index >= 15 is 0 Å². The number of hydrogen-bond donors (Lipinski definition) is 0. The third-order valence-electron chi connectivity index (χ3n) is 4.52. The predicted molar refractivity (Wildman–Crippen MR) is 112 cm³/mol. The van der Waals surface area contributed by atoms with Gasteiger partial charge in [-0.3, -0.25) is 4.79 Å². The third kappa shape index (κ3) is 6.27. The van der Waals surface area contributed by atoms with Crippen LogP contribution in [0.4, 0.5) is 0 Å². The number of carbonyl (C=O) groups excluding carboxylic acids is 1. The van der Waals surface area contributed by atoms with Gasteiger partial charge in [-0.05, 0) is 55.0 Å². The molecule has 0 heterocycles. The van der Waals surface area contributed by atoms with Crippen molar-refractivity contribution in [2.45, 2.75) is 25.7 Å². The van der Waals surface area contributed by atoms with Gasteiger partial charge in [-0.1, -0.05) is 60.7 Å². The fraction of sp³-hybridized carbons (Fsp3) is 0.240. The van der Waals surface area contributed by atoms with Gasteiger partial charge in [0.05, 0.1) is 13.2 Å². The van der Waals surface area contributed by atoms with Crippen molar-refractivity contribution in [3.05, 3.63) is 95.6 Å². The topological polar surface area (TPSA) is 35.5 Å². The van der Waals surface area contributed by atoms with Crippen molar-refractivity contribution in [1.29, 1.82) is 0 Å². The van der Waals surface area contributed by atoms with Crippen molar-refractivity contribution in [2.24, 2.45) is 0 Å². The minimum Gasteiger partial charge on any atom is -0.490 e. The van der Waals surface area contributed by atoms with E-state index in [1.807, 2.05) is 30.3 Å². The van der Waals surface area contributed by atoms with Crippen LogP contribution in [-0.4, -0.2) is 19.5 Å². The SMILES string of the molecule is O=Cc1ccc(OCCCc2ccccc2)c(OCCCc2ccccc2)c1. The molecule has 0 atom stereocenters. The van der Waals surface area contributed by atoms with E-state index in [1.165, 1.54) is 11.1 Å². The molecule has 0 aliphatic heterocycles. The second kappa shape index (κ2) is 10.9. The zero-order chi connectivity index (χ0) is 19.4. The lowest BCUT2D eigenvalue weighted by Gasteiger charge is -2.13. The van der Waals surface area contributed by atoms with Crippen molar-refractivity contribution < 1.29 is 14.3 Å². The van der Waals surface area contributed by atoms with Crippen molar-refractivity contribution in [3.8, 4) is 11.5 Å². The molecule has 0 aromatic heterocycles. The van der Waals surface area contributed by atoms with Gasteiger partial charge in [0.25, 0.3) is 0 Å². The molecule has 3 heteroatoms. The van der Waals surface area contributed by atoms with E-state index in [9.17, 15) is 4.79 Å². The lowest BCUT2D eigenvalue weighted by molar-refractivity contribution is 0.112. The highest BCUT2D eigenvalue weighted by atomic mass is 16.5. The highest BCUT2D eigenvalue weighted by Crippen LogP contribution is 2.28. The maximum atomic E-state index is 11.1. The average Bonchev–Trinajstić information content (AvgIpc) is 2.76. The Morgan fingerprint density at radius 1 is 0.643 bits per heavy atom. The van der Waals surface area contributed by atoms with Gasteiger partial charge in [0.1, 0.15) is 6.29 Å². The summed E-state index contributed by atoms with van der Waals surface area (Å²) >= 11 is 0. The molecule has 0 amide bonds. The summed E-state index contributed by atoms with van der Waals surface area (Å²) in [6, 6.07) is 26.1. The number of aryl methyl sites for hydroxylation is 2. The monoisotopic (exact) mass is 374 g/mol. The number of aldehydes is 1. The zero-order valence-electron chi connectivity index (χ0n) is 16.1. The molecular formula is C25H26O3. The second-order valence-corrected chi connectivity index (χ2v) is 6.70. The van der Waals surface area contributed by atoms with Gasteiger partial charge in [-0.15, -0.1) is 0 Å². The van der Waals surface area contributed by atoms with Gasteiger partial charge in [-0.2, -0.15) is 0 Å². The Kier molecular flexibility index (Phi) is 7.68. The Morgan fingerprint density at radius 2 is 1.18 bits per heavy atom. The van der Waals surface area contributed by atoms with Crippen LogP contribution in [0.25, 0.3) is 0 Å². The molecule has 28 heavy (non-hydrogen) atoms. The van der Waals surface area contributed by atoms with E-state index < -0.39 is 0 Å². The van der Waals surface area contributed by atoms with Crippen LogP contribution < -0.4 is 9.47 Å². The molecule has 3 aromatic rings. The molecule has 0 saturated carbocycles. The lowest BCUT2D eigenvalue weighted by atomic mass is 10.1. The summed E-state index contributed by atoms with van der Waals surface area (Å²) in [6.07, 6.45) is 4.59. The highest BCUT2D eigenvalue weighted by molar-refractivity contribution is 5.76. The molecule has 0 unspecified atom stereocenters. The number of rotatable bonds is 11.